The van der Waals surface area contributed by atoms with Crippen molar-refractivity contribution < 1.29 is 28.7 Å². The molecule has 33 heavy (non-hydrogen) atoms. The van der Waals surface area contributed by atoms with Gasteiger partial charge in [-0.3, -0.25) is 19.7 Å². The molecule has 0 spiro atoms. The monoisotopic (exact) mass is 445 g/mol. The number of rotatable bonds is 6. The van der Waals surface area contributed by atoms with Crippen LogP contribution in [0.25, 0.3) is 6.08 Å². The van der Waals surface area contributed by atoms with Crippen molar-refractivity contribution in [2.75, 3.05) is 7.11 Å². The van der Waals surface area contributed by atoms with Crippen LogP contribution in [0.15, 0.2) is 66.4 Å². The molecule has 3 aromatic rings. The summed E-state index contributed by atoms with van der Waals surface area (Å²) >= 11 is 0. The van der Waals surface area contributed by atoms with Crippen LogP contribution in [-0.4, -0.2) is 23.8 Å². The van der Waals surface area contributed by atoms with Crippen LogP contribution in [0.3, 0.4) is 0 Å². The zero-order valence-electron chi connectivity index (χ0n) is 17.9. The molecule has 4 rings (SSSR count). The minimum Gasteiger partial charge on any atom is -0.497 e. The lowest BCUT2D eigenvalue weighted by Gasteiger charge is -2.08. The van der Waals surface area contributed by atoms with Crippen molar-refractivity contribution in [3.8, 4) is 17.2 Å². The Morgan fingerprint density at radius 1 is 1.06 bits per heavy atom. The normalized spacial score (nSPS) is 13.4. The van der Waals surface area contributed by atoms with E-state index in [1.54, 1.807) is 44.4 Å². The number of aryl methyl sites for hydroxylation is 1. The molecule has 0 fully saturated rings. The molecule has 0 radical (unpaired) electrons. The highest BCUT2D eigenvalue weighted by molar-refractivity contribution is 6.15. The summed E-state index contributed by atoms with van der Waals surface area (Å²) in [6.07, 6.45) is 1.59. The zero-order chi connectivity index (χ0) is 23.5. The molecule has 8 nitrogen and oxygen atoms in total. The van der Waals surface area contributed by atoms with E-state index < -0.39 is 10.9 Å². The van der Waals surface area contributed by atoms with Crippen LogP contribution in [0.5, 0.6) is 17.2 Å². The second-order valence-electron chi connectivity index (χ2n) is 7.40. The Bertz CT molecular complexity index is 1280. The van der Waals surface area contributed by atoms with Crippen LogP contribution in [0.1, 0.15) is 27.0 Å². The minimum absolute atomic E-state index is 0.0453. The van der Waals surface area contributed by atoms with Gasteiger partial charge >= 0.3 is 5.97 Å². The third-order valence-electron chi connectivity index (χ3n) is 5.08. The van der Waals surface area contributed by atoms with Crippen LogP contribution in [0.2, 0.25) is 0 Å². The summed E-state index contributed by atoms with van der Waals surface area (Å²) in [5.41, 5.74) is 2.31. The first-order valence-electron chi connectivity index (χ1n) is 10.0. The Morgan fingerprint density at radius 3 is 2.39 bits per heavy atom. The molecule has 0 saturated carbocycles. The molecule has 0 N–H and O–H groups in total. The maximum Gasteiger partial charge on any atom is 0.315 e. The molecule has 3 aromatic carbocycles. The Hall–Kier alpha value is -4.46. The Morgan fingerprint density at radius 2 is 1.76 bits per heavy atom. The number of nitro groups is 1. The summed E-state index contributed by atoms with van der Waals surface area (Å²) in [6, 6.07) is 16.0. The summed E-state index contributed by atoms with van der Waals surface area (Å²) in [6.45, 7) is 1.73. The highest BCUT2D eigenvalue weighted by Gasteiger charge is 2.30. The van der Waals surface area contributed by atoms with E-state index in [0.717, 1.165) is 5.56 Å². The number of hydrogen-bond donors (Lipinski definition) is 0. The second kappa shape index (κ2) is 8.96. The molecule has 166 valence electrons. The van der Waals surface area contributed by atoms with Crippen LogP contribution in [0.4, 0.5) is 5.69 Å². The number of fused-ring (bicyclic) bond motifs is 1. The third-order valence-corrected chi connectivity index (χ3v) is 5.08. The molecule has 0 unspecified atom stereocenters. The molecule has 0 aliphatic carbocycles. The van der Waals surface area contributed by atoms with Gasteiger partial charge < -0.3 is 14.2 Å². The maximum absolute atomic E-state index is 12.8. The molecule has 8 heteroatoms. The van der Waals surface area contributed by atoms with Gasteiger partial charge in [-0.05, 0) is 60.0 Å². The van der Waals surface area contributed by atoms with Crippen LogP contribution < -0.4 is 14.2 Å². The van der Waals surface area contributed by atoms with E-state index >= 15 is 0 Å². The summed E-state index contributed by atoms with van der Waals surface area (Å²) < 4.78 is 16.3. The van der Waals surface area contributed by atoms with Gasteiger partial charge in [0.2, 0.25) is 5.78 Å². The number of nitro benzene ring substituents is 1. The quantitative estimate of drug-likeness (QED) is 0.178. The van der Waals surface area contributed by atoms with E-state index in [4.69, 9.17) is 14.2 Å². The molecule has 0 amide bonds. The van der Waals surface area contributed by atoms with Crippen molar-refractivity contribution in [1.82, 2.24) is 0 Å². The fourth-order valence-corrected chi connectivity index (χ4v) is 3.46. The Labute approximate surface area is 189 Å². The number of carbonyl (C=O) groups is 2. The molecular weight excluding hydrogens is 426 g/mol. The van der Waals surface area contributed by atoms with Crippen molar-refractivity contribution in [1.29, 1.82) is 0 Å². The van der Waals surface area contributed by atoms with Gasteiger partial charge in [-0.15, -0.1) is 0 Å². The van der Waals surface area contributed by atoms with Crippen LogP contribution in [0, 0.1) is 17.0 Å². The van der Waals surface area contributed by atoms with Gasteiger partial charge in [0.05, 0.1) is 24.0 Å². The van der Waals surface area contributed by atoms with Crippen molar-refractivity contribution in [2.45, 2.75) is 13.3 Å². The zero-order valence-corrected chi connectivity index (χ0v) is 17.9. The van der Waals surface area contributed by atoms with Crippen molar-refractivity contribution >= 4 is 23.5 Å². The van der Waals surface area contributed by atoms with E-state index in [1.165, 1.54) is 36.4 Å². The number of methoxy groups -OCH3 is 1. The highest BCUT2D eigenvalue weighted by atomic mass is 16.6. The first-order chi connectivity index (χ1) is 15.8. The number of carbonyl (C=O) groups excluding carboxylic acids is 2. The number of nitrogens with zero attached hydrogens (tertiary/aromatic N) is 1. The summed E-state index contributed by atoms with van der Waals surface area (Å²) in [5.74, 6) is 0.585. The molecule has 0 bridgehead atoms. The van der Waals surface area contributed by atoms with E-state index in [-0.39, 0.29) is 29.4 Å². The van der Waals surface area contributed by atoms with Gasteiger partial charge in [-0.1, -0.05) is 12.1 Å². The summed E-state index contributed by atoms with van der Waals surface area (Å²) in [7, 11) is 1.57. The standard InChI is InChI=1S/C25H19NO7/c1-15-11-20(32-23(27)13-17-5-9-19(31-2)10-6-17)14-21-24(15)25(28)22(33-21)12-16-3-7-18(8-4-16)26(29)30/h3-12,14H,13H2,1-2H3/b22-12-. The topological polar surface area (TPSA) is 105 Å². The number of hydrogen-bond acceptors (Lipinski definition) is 7. The highest BCUT2D eigenvalue weighted by Crippen LogP contribution is 2.37. The van der Waals surface area contributed by atoms with Crippen molar-refractivity contribution in [2.24, 2.45) is 0 Å². The number of Topliss-reactive ketones (excluding diaryl/α,β-unsaturated/α-hetero) is 1. The Kier molecular flexibility index (Phi) is 5.91. The number of esters is 1. The molecular formula is C25H19NO7. The average Bonchev–Trinajstić information content (AvgIpc) is 3.10. The molecule has 1 heterocycles. The van der Waals surface area contributed by atoms with Crippen molar-refractivity contribution in [3.63, 3.8) is 0 Å². The SMILES string of the molecule is COc1ccc(CC(=O)Oc2cc(C)c3c(c2)O/C(=C\c2ccc([N+](=O)[O-])cc2)C3=O)cc1. The Balaban J connectivity index is 1.50. The number of benzene rings is 3. The maximum atomic E-state index is 12.8. The molecule has 0 aromatic heterocycles. The van der Waals surface area contributed by atoms with Crippen molar-refractivity contribution in [3.05, 3.63) is 98.8 Å². The number of ketones is 1. The molecule has 1 aliphatic rings. The lowest BCUT2D eigenvalue weighted by atomic mass is 10.0. The van der Waals surface area contributed by atoms with Gasteiger partial charge in [0.15, 0.2) is 5.76 Å². The molecule has 1 aliphatic heterocycles. The van der Waals surface area contributed by atoms with Gasteiger partial charge in [-0.2, -0.15) is 0 Å². The number of allylic oxidation sites excluding steroid dienone is 1. The number of non-ortho nitro benzene ring substituents is 1. The van der Waals surface area contributed by atoms with Crippen LogP contribution in [-0.2, 0) is 11.2 Å². The largest absolute Gasteiger partial charge is 0.497 e. The second-order valence-corrected chi connectivity index (χ2v) is 7.40. The minimum atomic E-state index is -0.495. The van der Waals surface area contributed by atoms with E-state index in [1.807, 2.05) is 0 Å². The predicted molar refractivity (Wildman–Crippen MR) is 120 cm³/mol. The lowest BCUT2D eigenvalue weighted by molar-refractivity contribution is -0.384. The van der Waals surface area contributed by atoms with E-state index in [0.29, 0.717) is 28.2 Å². The van der Waals surface area contributed by atoms with Crippen LogP contribution >= 0.6 is 0 Å². The van der Waals surface area contributed by atoms with Gasteiger partial charge in [0, 0.05) is 18.2 Å². The van der Waals surface area contributed by atoms with Gasteiger partial charge in [0.1, 0.15) is 17.2 Å². The first kappa shape index (κ1) is 21.8. The molecule has 0 atom stereocenters. The summed E-state index contributed by atoms with van der Waals surface area (Å²) in [4.78, 5) is 35.5. The summed E-state index contributed by atoms with van der Waals surface area (Å²) in [5, 5.41) is 10.8. The number of ether oxygens (including phenoxy) is 3. The fraction of sp³-hybridized carbons (Fsp3) is 0.120. The smallest absolute Gasteiger partial charge is 0.315 e. The van der Waals surface area contributed by atoms with Gasteiger partial charge in [-0.25, -0.2) is 0 Å². The third kappa shape index (κ3) is 4.74. The van der Waals surface area contributed by atoms with Gasteiger partial charge in [0.25, 0.3) is 5.69 Å². The fourth-order valence-electron chi connectivity index (χ4n) is 3.46. The van der Waals surface area contributed by atoms with E-state index in [9.17, 15) is 19.7 Å². The van der Waals surface area contributed by atoms with E-state index in [2.05, 4.69) is 0 Å². The first-order valence-corrected chi connectivity index (χ1v) is 10.0. The predicted octanol–water partition coefficient (Wildman–Crippen LogP) is 4.68. The molecule has 0 saturated heterocycles. The average molecular weight is 445 g/mol. The lowest BCUT2D eigenvalue weighted by Crippen LogP contribution is -2.11.